The minimum absolute atomic E-state index is 0.0408. The van der Waals surface area contributed by atoms with Crippen molar-refractivity contribution >= 4 is 29.0 Å². The van der Waals surface area contributed by atoms with Crippen molar-refractivity contribution in [2.75, 3.05) is 63.2 Å². The van der Waals surface area contributed by atoms with Crippen LogP contribution in [-0.2, 0) is 6.54 Å². The fourth-order valence-electron chi connectivity index (χ4n) is 5.01. The van der Waals surface area contributed by atoms with Crippen LogP contribution in [0.15, 0.2) is 60.3 Å². The van der Waals surface area contributed by atoms with E-state index in [0.29, 0.717) is 12.1 Å². The molecule has 206 valence electrons. The molecule has 6 N–H and O–H groups in total. The number of amides is 3. The van der Waals surface area contributed by atoms with Crippen molar-refractivity contribution in [3.8, 4) is 0 Å². The maximum Gasteiger partial charge on any atom is 0.327 e. The Hall–Kier alpha value is -3.86. The predicted molar refractivity (Wildman–Crippen MR) is 155 cm³/mol. The van der Waals surface area contributed by atoms with Crippen molar-refractivity contribution in [3.63, 3.8) is 0 Å². The maximum absolute atomic E-state index is 13.0. The van der Waals surface area contributed by atoms with E-state index >= 15 is 0 Å². The summed E-state index contributed by atoms with van der Waals surface area (Å²) in [6.07, 6.45) is 4.54. The third-order valence-corrected chi connectivity index (χ3v) is 7.17. The number of benzene rings is 2. The van der Waals surface area contributed by atoms with Crippen LogP contribution < -0.4 is 36.8 Å². The van der Waals surface area contributed by atoms with Gasteiger partial charge in [0.15, 0.2) is 0 Å². The van der Waals surface area contributed by atoms with Gasteiger partial charge >= 0.3 is 6.03 Å². The largest absolute Gasteiger partial charge is 0.369 e. The quantitative estimate of drug-likeness (QED) is 0.313. The van der Waals surface area contributed by atoms with Crippen molar-refractivity contribution in [1.82, 2.24) is 26.2 Å². The zero-order valence-corrected chi connectivity index (χ0v) is 22.7. The summed E-state index contributed by atoms with van der Waals surface area (Å²) in [6.45, 7) is 5.89. The van der Waals surface area contributed by atoms with Crippen LogP contribution in [0.4, 0.5) is 16.2 Å². The molecule has 0 spiro atoms. The summed E-state index contributed by atoms with van der Waals surface area (Å²) in [4.78, 5) is 31.5. The standard InChI is InChI=1S/C29H38N8O2/c1-35(2)28(38)22-14-21(15-25(16-22)36-12-10-31-11-13-36)26-17-23-19-37(29(39)34-27(23)33-26)24-6-4-20(5-7-24)18-32-9-3-8-30/h4-7,14-17,19,27,31-33H,3,8-13,18,30H2,1-2H3,(H,34,39). The Bertz CT molecular complexity index is 1260. The predicted octanol–water partition coefficient (Wildman–Crippen LogP) is 1.62. The lowest BCUT2D eigenvalue weighted by atomic mass is 10.0. The fraction of sp³-hybridized carbons (Fsp3) is 0.379. The first-order valence-corrected chi connectivity index (χ1v) is 13.5. The van der Waals surface area contributed by atoms with Gasteiger partial charge in [-0.2, -0.15) is 0 Å². The number of carbonyl (C=O) groups excluding carboxylic acids is 2. The first-order valence-electron chi connectivity index (χ1n) is 13.5. The molecule has 0 radical (unpaired) electrons. The maximum atomic E-state index is 13.0. The first-order chi connectivity index (χ1) is 18.9. The molecule has 0 saturated carbocycles. The smallest absolute Gasteiger partial charge is 0.327 e. The molecule has 2 aromatic rings. The summed E-state index contributed by atoms with van der Waals surface area (Å²) >= 11 is 0. The molecule has 10 heteroatoms. The van der Waals surface area contributed by atoms with Gasteiger partial charge in [-0.05, 0) is 61.5 Å². The van der Waals surface area contributed by atoms with E-state index in [9.17, 15) is 9.59 Å². The van der Waals surface area contributed by atoms with Crippen molar-refractivity contribution in [2.24, 2.45) is 5.73 Å². The van der Waals surface area contributed by atoms with Crippen LogP contribution >= 0.6 is 0 Å². The van der Waals surface area contributed by atoms with Gasteiger partial charge in [0.2, 0.25) is 0 Å². The van der Waals surface area contributed by atoms with Crippen molar-refractivity contribution < 1.29 is 9.59 Å². The van der Waals surface area contributed by atoms with Gasteiger partial charge in [0.25, 0.3) is 5.91 Å². The van der Waals surface area contributed by atoms with Crippen molar-refractivity contribution in [3.05, 3.63) is 77.0 Å². The molecular formula is C29H38N8O2. The number of hydrogen-bond donors (Lipinski definition) is 5. The molecule has 0 aromatic heterocycles. The monoisotopic (exact) mass is 530 g/mol. The van der Waals surface area contributed by atoms with Crippen LogP contribution in [0.1, 0.15) is 27.9 Å². The van der Waals surface area contributed by atoms with E-state index in [1.807, 2.05) is 48.7 Å². The van der Waals surface area contributed by atoms with E-state index in [2.05, 4.69) is 32.2 Å². The van der Waals surface area contributed by atoms with Crippen LogP contribution in [0.25, 0.3) is 5.70 Å². The number of nitrogens with one attached hydrogen (secondary N) is 4. The summed E-state index contributed by atoms with van der Waals surface area (Å²) in [6, 6.07) is 13.8. The van der Waals surface area contributed by atoms with Gasteiger partial charge in [-0.3, -0.25) is 9.69 Å². The number of piperazine rings is 1. The van der Waals surface area contributed by atoms with Gasteiger partial charge in [-0.25, -0.2) is 4.79 Å². The van der Waals surface area contributed by atoms with Crippen molar-refractivity contribution in [1.29, 1.82) is 0 Å². The Balaban J connectivity index is 1.38. The Kier molecular flexibility index (Phi) is 8.16. The lowest BCUT2D eigenvalue weighted by Crippen LogP contribution is -2.51. The molecule has 1 saturated heterocycles. The summed E-state index contributed by atoms with van der Waals surface area (Å²) < 4.78 is 0. The molecule has 1 fully saturated rings. The van der Waals surface area contributed by atoms with E-state index < -0.39 is 0 Å². The molecule has 1 atom stereocenters. The highest BCUT2D eigenvalue weighted by Crippen LogP contribution is 2.31. The minimum Gasteiger partial charge on any atom is -0.369 e. The molecular weight excluding hydrogens is 492 g/mol. The third kappa shape index (κ3) is 6.08. The molecule has 3 amide bonds. The second-order valence-electron chi connectivity index (χ2n) is 10.3. The van der Waals surface area contributed by atoms with E-state index in [4.69, 9.17) is 5.73 Å². The minimum atomic E-state index is -0.328. The first kappa shape index (κ1) is 26.7. The molecule has 2 aromatic carbocycles. The number of carbonyl (C=O) groups is 2. The Labute approximate surface area is 229 Å². The zero-order valence-electron chi connectivity index (χ0n) is 22.7. The Morgan fingerprint density at radius 2 is 1.85 bits per heavy atom. The third-order valence-electron chi connectivity index (χ3n) is 7.17. The number of hydrogen-bond acceptors (Lipinski definition) is 7. The molecule has 3 aliphatic heterocycles. The number of fused-ring (bicyclic) bond motifs is 1. The van der Waals surface area contributed by atoms with Gasteiger partial charge < -0.3 is 36.8 Å². The zero-order chi connectivity index (χ0) is 27.4. The lowest BCUT2D eigenvalue weighted by Gasteiger charge is -2.30. The van der Waals surface area contributed by atoms with Gasteiger partial charge in [0.1, 0.15) is 6.17 Å². The van der Waals surface area contributed by atoms with E-state index in [-0.39, 0.29) is 18.1 Å². The average molecular weight is 531 g/mol. The summed E-state index contributed by atoms with van der Waals surface area (Å²) in [5.74, 6) is -0.0408. The Morgan fingerprint density at radius 1 is 1.08 bits per heavy atom. The average Bonchev–Trinajstić information content (AvgIpc) is 3.38. The highest BCUT2D eigenvalue weighted by molar-refractivity contribution is 5.98. The summed E-state index contributed by atoms with van der Waals surface area (Å²) in [5, 5.41) is 13.3. The molecule has 3 heterocycles. The van der Waals surface area contributed by atoms with E-state index in [1.165, 1.54) is 0 Å². The van der Waals surface area contributed by atoms with Gasteiger partial charge in [0.05, 0.1) is 5.69 Å². The molecule has 39 heavy (non-hydrogen) atoms. The molecule has 0 aliphatic carbocycles. The van der Waals surface area contributed by atoms with E-state index in [0.717, 1.165) is 79.5 Å². The normalized spacial score (nSPS) is 18.6. The molecule has 10 nitrogen and oxygen atoms in total. The number of urea groups is 1. The second-order valence-corrected chi connectivity index (χ2v) is 10.3. The van der Waals surface area contributed by atoms with Crippen molar-refractivity contribution in [2.45, 2.75) is 19.1 Å². The summed E-state index contributed by atoms with van der Waals surface area (Å²) in [5.41, 5.74) is 11.9. The number of anilines is 2. The number of rotatable bonds is 9. The van der Waals surface area contributed by atoms with E-state index in [1.54, 1.807) is 23.9 Å². The molecule has 0 bridgehead atoms. The van der Waals surface area contributed by atoms with Crippen LogP contribution in [0.3, 0.4) is 0 Å². The van der Waals surface area contributed by atoms with Gasteiger partial charge in [-0.15, -0.1) is 0 Å². The van der Waals surface area contributed by atoms with Gasteiger partial charge in [0, 0.05) is 81.1 Å². The van der Waals surface area contributed by atoms with Crippen LogP contribution in [0.5, 0.6) is 0 Å². The molecule has 1 unspecified atom stereocenters. The SMILES string of the molecule is CN(C)C(=O)c1cc(C2=CC3=CN(c4ccc(CNCCCN)cc4)C(=O)NC3N2)cc(N2CCNCC2)c1. The lowest BCUT2D eigenvalue weighted by molar-refractivity contribution is 0.0827. The van der Waals surface area contributed by atoms with Crippen LogP contribution in [-0.4, -0.2) is 76.4 Å². The Morgan fingerprint density at radius 3 is 2.56 bits per heavy atom. The summed E-state index contributed by atoms with van der Waals surface area (Å²) in [7, 11) is 3.53. The van der Waals surface area contributed by atoms with Crippen LogP contribution in [0.2, 0.25) is 0 Å². The molecule has 5 rings (SSSR count). The molecule has 3 aliphatic rings. The highest BCUT2D eigenvalue weighted by atomic mass is 16.2. The second kappa shape index (κ2) is 11.9. The highest BCUT2D eigenvalue weighted by Gasteiger charge is 2.31. The van der Waals surface area contributed by atoms with Crippen LogP contribution in [0, 0.1) is 0 Å². The fourth-order valence-corrected chi connectivity index (χ4v) is 5.01. The number of nitrogens with two attached hydrogens (primary N) is 1. The van der Waals surface area contributed by atoms with Gasteiger partial charge in [-0.1, -0.05) is 12.1 Å². The topological polar surface area (TPSA) is 118 Å². The number of nitrogens with zero attached hydrogens (tertiary/aromatic N) is 3.